The highest BCUT2D eigenvalue weighted by Gasteiger charge is 2.44. The number of sulfonamides is 1. The lowest BCUT2D eigenvalue weighted by Crippen LogP contribution is -2.42. The standard InChI is InChI=1S/C23H25N3O3S/c27-23-12-17-10-16(23)14-26(17)22-7-6-18(30(28,29)25-8-3-9-25)13-19(22)21-11-15-4-1-2-5-20(15)24-21/h1-2,4-7,11,13,16-17,23-24,27H,3,8-10,12,14H2/t16-,17-,23+/m0/s1. The molecule has 6 nitrogen and oxygen atoms in total. The number of aromatic amines is 1. The normalized spacial score (nSPS) is 26.4. The number of benzene rings is 2. The van der Waals surface area contributed by atoms with E-state index in [1.54, 1.807) is 10.4 Å². The fourth-order valence-electron chi connectivity index (χ4n) is 5.26. The van der Waals surface area contributed by atoms with Crippen molar-refractivity contribution in [2.45, 2.75) is 36.3 Å². The van der Waals surface area contributed by atoms with Gasteiger partial charge < -0.3 is 15.0 Å². The number of nitrogens with zero attached hydrogens (tertiary/aromatic N) is 2. The second kappa shape index (κ2) is 6.57. The van der Waals surface area contributed by atoms with Crippen LogP contribution in [0.15, 0.2) is 53.4 Å². The first-order valence-corrected chi connectivity index (χ1v) is 12.1. The average molecular weight is 424 g/mol. The summed E-state index contributed by atoms with van der Waals surface area (Å²) in [7, 11) is -3.46. The van der Waals surface area contributed by atoms with Gasteiger partial charge in [-0.2, -0.15) is 4.31 Å². The first-order chi connectivity index (χ1) is 14.5. The van der Waals surface area contributed by atoms with Crippen molar-refractivity contribution < 1.29 is 13.5 Å². The van der Waals surface area contributed by atoms with Crippen LogP contribution in [0.3, 0.4) is 0 Å². The lowest BCUT2D eigenvalue weighted by atomic mass is 10.0. The van der Waals surface area contributed by atoms with Crippen LogP contribution in [0, 0.1) is 5.92 Å². The molecule has 3 aromatic rings. The van der Waals surface area contributed by atoms with Gasteiger partial charge in [-0.05, 0) is 49.6 Å². The summed E-state index contributed by atoms with van der Waals surface area (Å²) in [6.45, 7) is 2.01. The molecule has 3 atom stereocenters. The molecule has 2 N–H and O–H groups in total. The largest absolute Gasteiger partial charge is 0.393 e. The van der Waals surface area contributed by atoms with E-state index in [0.717, 1.165) is 53.7 Å². The number of nitrogens with one attached hydrogen (secondary N) is 1. The van der Waals surface area contributed by atoms with Crippen molar-refractivity contribution in [1.29, 1.82) is 0 Å². The Kier molecular flexibility index (Phi) is 4.04. The summed E-state index contributed by atoms with van der Waals surface area (Å²) in [4.78, 5) is 6.19. The van der Waals surface area contributed by atoms with E-state index < -0.39 is 10.0 Å². The number of aliphatic hydroxyl groups is 1. The van der Waals surface area contributed by atoms with Gasteiger partial charge >= 0.3 is 0 Å². The molecule has 6 rings (SSSR count). The van der Waals surface area contributed by atoms with Crippen molar-refractivity contribution in [3.8, 4) is 11.3 Å². The molecule has 1 aromatic heterocycles. The molecule has 2 aromatic carbocycles. The SMILES string of the molecule is O=S(=O)(c1ccc(N2C[C@@H]3C[C@H]2C[C@H]3O)c(-c2cc3ccccc3[nH]2)c1)N1CCC1. The summed E-state index contributed by atoms with van der Waals surface area (Å²) >= 11 is 0. The third-order valence-electron chi connectivity index (χ3n) is 7.05. The fourth-order valence-corrected chi connectivity index (χ4v) is 6.80. The van der Waals surface area contributed by atoms with E-state index in [2.05, 4.69) is 22.0 Å². The van der Waals surface area contributed by atoms with Crippen molar-refractivity contribution in [2.24, 2.45) is 5.92 Å². The minimum Gasteiger partial charge on any atom is -0.393 e. The number of H-pyrrole nitrogens is 1. The highest BCUT2D eigenvalue weighted by Crippen LogP contribution is 2.44. The highest BCUT2D eigenvalue weighted by molar-refractivity contribution is 7.89. The Bertz CT molecular complexity index is 1200. The van der Waals surface area contributed by atoms with Gasteiger partial charge in [-0.1, -0.05) is 18.2 Å². The summed E-state index contributed by atoms with van der Waals surface area (Å²) in [5, 5.41) is 11.3. The molecule has 0 amide bonds. The van der Waals surface area contributed by atoms with Gasteiger partial charge in [0.15, 0.2) is 0 Å². The maximum Gasteiger partial charge on any atom is 0.243 e. The number of anilines is 1. The third-order valence-corrected chi connectivity index (χ3v) is 8.95. The van der Waals surface area contributed by atoms with Crippen LogP contribution < -0.4 is 4.90 Å². The van der Waals surface area contributed by atoms with Crippen molar-refractivity contribution in [1.82, 2.24) is 9.29 Å². The zero-order valence-electron chi connectivity index (χ0n) is 16.7. The van der Waals surface area contributed by atoms with E-state index in [4.69, 9.17) is 0 Å². The van der Waals surface area contributed by atoms with Gasteiger partial charge in [0.05, 0.1) is 11.0 Å². The van der Waals surface area contributed by atoms with E-state index >= 15 is 0 Å². The predicted octanol–water partition coefficient (Wildman–Crippen LogP) is 3.19. The summed E-state index contributed by atoms with van der Waals surface area (Å²) in [6, 6.07) is 16.0. The fraction of sp³-hybridized carbons (Fsp3) is 0.391. The minimum absolute atomic E-state index is 0.214. The van der Waals surface area contributed by atoms with Crippen LogP contribution >= 0.6 is 0 Å². The smallest absolute Gasteiger partial charge is 0.243 e. The first kappa shape index (κ1) is 18.4. The molecule has 3 aliphatic rings. The lowest BCUT2D eigenvalue weighted by Gasteiger charge is -2.33. The molecule has 2 saturated heterocycles. The molecule has 1 saturated carbocycles. The van der Waals surface area contributed by atoms with E-state index in [-0.39, 0.29) is 6.10 Å². The van der Waals surface area contributed by atoms with E-state index in [1.165, 1.54) is 0 Å². The zero-order chi connectivity index (χ0) is 20.5. The van der Waals surface area contributed by atoms with Crippen LogP contribution in [0.2, 0.25) is 0 Å². The van der Waals surface area contributed by atoms with Crippen LogP contribution in [-0.4, -0.2) is 54.6 Å². The summed E-state index contributed by atoms with van der Waals surface area (Å²) in [5.74, 6) is 0.301. The molecule has 0 radical (unpaired) electrons. The second-order valence-electron chi connectivity index (χ2n) is 8.81. The quantitative estimate of drug-likeness (QED) is 0.676. The van der Waals surface area contributed by atoms with Crippen molar-refractivity contribution >= 4 is 26.6 Å². The van der Waals surface area contributed by atoms with E-state index in [1.807, 2.05) is 30.3 Å². The minimum atomic E-state index is -3.46. The van der Waals surface area contributed by atoms with Crippen LogP contribution in [0.25, 0.3) is 22.2 Å². The highest BCUT2D eigenvalue weighted by atomic mass is 32.2. The molecule has 0 spiro atoms. The predicted molar refractivity (Wildman–Crippen MR) is 117 cm³/mol. The number of rotatable bonds is 4. The summed E-state index contributed by atoms with van der Waals surface area (Å²) in [6.07, 6.45) is 2.49. The Morgan fingerprint density at radius 2 is 1.87 bits per heavy atom. The topological polar surface area (TPSA) is 76.6 Å². The third kappa shape index (κ3) is 2.72. The Balaban J connectivity index is 1.49. The molecular formula is C23H25N3O3S. The van der Waals surface area contributed by atoms with Crippen LogP contribution in [0.1, 0.15) is 19.3 Å². The summed E-state index contributed by atoms with van der Waals surface area (Å²) in [5.41, 5.74) is 3.92. The van der Waals surface area contributed by atoms with Crippen LogP contribution in [0.5, 0.6) is 0 Å². The monoisotopic (exact) mass is 423 g/mol. The van der Waals surface area contributed by atoms with Gasteiger partial charge in [-0.3, -0.25) is 0 Å². The van der Waals surface area contributed by atoms with Gasteiger partial charge in [-0.25, -0.2) is 8.42 Å². The number of fused-ring (bicyclic) bond motifs is 3. The molecule has 3 fully saturated rings. The number of hydrogen-bond donors (Lipinski definition) is 2. The van der Waals surface area contributed by atoms with Crippen molar-refractivity contribution in [3.05, 3.63) is 48.5 Å². The van der Waals surface area contributed by atoms with Crippen molar-refractivity contribution in [2.75, 3.05) is 24.5 Å². The average Bonchev–Trinajstić information content (AvgIpc) is 3.38. The van der Waals surface area contributed by atoms with Gasteiger partial charge in [-0.15, -0.1) is 0 Å². The first-order valence-electron chi connectivity index (χ1n) is 10.7. The van der Waals surface area contributed by atoms with E-state index in [9.17, 15) is 13.5 Å². The molecular weight excluding hydrogens is 398 g/mol. The Hall–Kier alpha value is -2.35. The summed E-state index contributed by atoms with van der Waals surface area (Å²) < 4.78 is 27.6. The molecule has 30 heavy (non-hydrogen) atoms. The second-order valence-corrected chi connectivity index (χ2v) is 10.7. The maximum atomic E-state index is 13.0. The molecule has 7 heteroatoms. The molecule has 1 aliphatic carbocycles. The Morgan fingerprint density at radius 3 is 2.53 bits per heavy atom. The maximum absolute atomic E-state index is 13.0. The van der Waals surface area contributed by atoms with Gasteiger partial charge in [0, 0.05) is 59.4 Å². The van der Waals surface area contributed by atoms with Crippen LogP contribution in [-0.2, 0) is 10.0 Å². The number of hydrogen-bond acceptors (Lipinski definition) is 4. The van der Waals surface area contributed by atoms with Gasteiger partial charge in [0.2, 0.25) is 10.0 Å². The molecule has 156 valence electrons. The van der Waals surface area contributed by atoms with Crippen molar-refractivity contribution in [3.63, 3.8) is 0 Å². The van der Waals surface area contributed by atoms with E-state index in [0.29, 0.717) is 29.9 Å². The number of piperidine rings is 1. The number of aromatic nitrogens is 1. The van der Waals surface area contributed by atoms with Gasteiger partial charge in [0.1, 0.15) is 0 Å². The molecule has 2 bridgehead atoms. The number of aliphatic hydroxyl groups excluding tert-OH is 1. The Labute approximate surface area is 176 Å². The lowest BCUT2D eigenvalue weighted by molar-refractivity contribution is 0.127. The number of para-hydroxylation sites is 1. The van der Waals surface area contributed by atoms with Crippen LogP contribution in [0.4, 0.5) is 5.69 Å². The molecule has 3 heterocycles. The Morgan fingerprint density at radius 1 is 1.03 bits per heavy atom. The molecule has 0 unspecified atom stereocenters. The zero-order valence-corrected chi connectivity index (χ0v) is 17.5. The van der Waals surface area contributed by atoms with Gasteiger partial charge in [0.25, 0.3) is 0 Å². The molecule has 2 aliphatic heterocycles.